The summed E-state index contributed by atoms with van der Waals surface area (Å²) in [5.74, 6) is 1.29. The quantitative estimate of drug-likeness (QED) is 0.564. The molecule has 0 bridgehead atoms. The van der Waals surface area contributed by atoms with Crippen LogP contribution in [0.15, 0.2) is 0 Å². The maximum Gasteiger partial charge on any atom is 0.00717 e. The molecule has 0 aliphatic carbocycles. The van der Waals surface area contributed by atoms with Crippen LogP contribution in [0.5, 0.6) is 0 Å². The molecular formula is C13H30N2S. The minimum Gasteiger partial charge on any atom is -0.320 e. The number of unbranched alkanes of at least 4 members (excludes halogenated alkanes) is 3. The predicted octanol–water partition coefficient (Wildman–Crippen LogP) is 2.84. The highest BCUT2D eigenvalue weighted by molar-refractivity contribution is 7.98. The standard InChI is InChI=1S/C13H30N2S/c1-13(9-12-16-4)15(3)11-8-6-5-7-10-14-2/h13-14H,5-12H2,1-4H3. The Bertz CT molecular complexity index is 142. The lowest BCUT2D eigenvalue weighted by molar-refractivity contribution is 0.247. The summed E-state index contributed by atoms with van der Waals surface area (Å²) in [6.07, 6.45) is 8.92. The first-order valence-electron chi connectivity index (χ1n) is 6.56. The van der Waals surface area contributed by atoms with Crippen molar-refractivity contribution in [1.82, 2.24) is 10.2 Å². The van der Waals surface area contributed by atoms with Gasteiger partial charge in [-0.3, -0.25) is 0 Å². The number of nitrogens with zero attached hydrogens (tertiary/aromatic N) is 1. The van der Waals surface area contributed by atoms with E-state index in [1.54, 1.807) is 0 Å². The summed E-state index contributed by atoms with van der Waals surface area (Å²) >= 11 is 1.95. The maximum absolute atomic E-state index is 3.20. The fraction of sp³-hybridized carbons (Fsp3) is 1.00. The van der Waals surface area contributed by atoms with Crippen LogP contribution in [0.2, 0.25) is 0 Å². The number of nitrogens with one attached hydrogen (secondary N) is 1. The third-order valence-electron chi connectivity index (χ3n) is 3.18. The average Bonchev–Trinajstić information content (AvgIpc) is 2.30. The summed E-state index contributed by atoms with van der Waals surface area (Å²) in [5.41, 5.74) is 0. The van der Waals surface area contributed by atoms with E-state index in [9.17, 15) is 0 Å². The molecule has 0 spiro atoms. The molecule has 0 aliphatic rings. The lowest BCUT2D eigenvalue weighted by atomic mass is 10.1. The third kappa shape index (κ3) is 9.49. The normalized spacial score (nSPS) is 13.3. The van der Waals surface area contributed by atoms with Crippen LogP contribution in [0, 0.1) is 0 Å². The van der Waals surface area contributed by atoms with Gasteiger partial charge in [0.25, 0.3) is 0 Å². The van der Waals surface area contributed by atoms with E-state index in [4.69, 9.17) is 0 Å². The van der Waals surface area contributed by atoms with Gasteiger partial charge >= 0.3 is 0 Å². The highest BCUT2D eigenvalue weighted by Crippen LogP contribution is 2.08. The van der Waals surface area contributed by atoms with Gasteiger partial charge in [-0.2, -0.15) is 11.8 Å². The monoisotopic (exact) mass is 246 g/mol. The van der Waals surface area contributed by atoms with E-state index in [0.29, 0.717) is 0 Å². The molecule has 0 heterocycles. The maximum atomic E-state index is 3.20. The number of rotatable bonds is 11. The zero-order chi connectivity index (χ0) is 12.2. The van der Waals surface area contributed by atoms with Crippen molar-refractivity contribution in [3.05, 3.63) is 0 Å². The molecule has 0 fully saturated rings. The van der Waals surface area contributed by atoms with Crippen molar-refractivity contribution in [3.8, 4) is 0 Å². The summed E-state index contributed by atoms with van der Waals surface area (Å²) < 4.78 is 0. The van der Waals surface area contributed by atoms with E-state index in [1.807, 2.05) is 18.8 Å². The molecule has 0 saturated carbocycles. The summed E-state index contributed by atoms with van der Waals surface area (Å²) in [6.45, 7) is 4.77. The zero-order valence-corrected chi connectivity index (χ0v) is 12.4. The Kier molecular flexibility index (Phi) is 11.9. The Morgan fingerprint density at radius 2 is 1.88 bits per heavy atom. The fourth-order valence-electron chi connectivity index (χ4n) is 1.75. The van der Waals surface area contributed by atoms with Gasteiger partial charge in [0.15, 0.2) is 0 Å². The molecule has 2 nitrogen and oxygen atoms in total. The van der Waals surface area contributed by atoms with Gasteiger partial charge < -0.3 is 10.2 Å². The first kappa shape index (κ1) is 16.3. The molecule has 16 heavy (non-hydrogen) atoms. The van der Waals surface area contributed by atoms with E-state index in [2.05, 4.69) is 30.4 Å². The van der Waals surface area contributed by atoms with Crippen LogP contribution in [0.4, 0.5) is 0 Å². The van der Waals surface area contributed by atoms with Crippen molar-refractivity contribution in [2.75, 3.05) is 39.2 Å². The second-order valence-electron chi connectivity index (χ2n) is 4.63. The molecule has 3 heteroatoms. The van der Waals surface area contributed by atoms with Crippen LogP contribution in [0.25, 0.3) is 0 Å². The van der Waals surface area contributed by atoms with Crippen LogP contribution < -0.4 is 5.32 Å². The molecular weight excluding hydrogens is 216 g/mol. The molecule has 0 saturated heterocycles. The van der Waals surface area contributed by atoms with E-state index >= 15 is 0 Å². The molecule has 0 amide bonds. The number of hydrogen-bond donors (Lipinski definition) is 1. The highest BCUT2D eigenvalue weighted by atomic mass is 32.2. The molecule has 0 aromatic heterocycles. The van der Waals surface area contributed by atoms with Crippen LogP contribution >= 0.6 is 11.8 Å². The Morgan fingerprint density at radius 1 is 1.19 bits per heavy atom. The average molecular weight is 246 g/mol. The van der Waals surface area contributed by atoms with Gasteiger partial charge in [-0.1, -0.05) is 12.8 Å². The Labute approximate surface area is 107 Å². The van der Waals surface area contributed by atoms with Crippen molar-refractivity contribution in [3.63, 3.8) is 0 Å². The second-order valence-corrected chi connectivity index (χ2v) is 5.61. The smallest absolute Gasteiger partial charge is 0.00717 e. The van der Waals surface area contributed by atoms with E-state index in [-0.39, 0.29) is 0 Å². The minimum atomic E-state index is 0.741. The SMILES string of the molecule is CNCCCCCCN(C)C(C)CCSC. The Hall–Kier alpha value is 0.270. The van der Waals surface area contributed by atoms with Crippen molar-refractivity contribution in [2.45, 2.75) is 45.1 Å². The van der Waals surface area contributed by atoms with Gasteiger partial charge in [-0.05, 0) is 65.4 Å². The molecule has 98 valence electrons. The van der Waals surface area contributed by atoms with Crippen LogP contribution in [-0.4, -0.2) is 50.1 Å². The van der Waals surface area contributed by atoms with Gasteiger partial charge in [-0.25, -0.2) is 0 Å². The molecule has 1 N–H and O–H groups in total. The molecule has 0 aromatic rings. The molecule has 0 radical (unpaired) electrons. The Balaban J connectivity index is 3.31. The minimum absolute atomic E-state index is 0.741. The molecule has 1 atom stereocenters. The van der Waals surface area contributed by atoms with Gasteiger partial charge in [0.2, 0.25) is 0 Å². The van der Waals surface area contributed by atoms with Gasteiger partial charge in [0, 0.05) is 6.04 Å². The third-order valence-corrected chi connectivity index (χ3v) is 3.82. The second kappa shape index (κ2) is 11.7. The zero-order valence-electron chi connectivity index (χ0n) is 11.6. The largest absolute Gasteiger partial charge is 0.320 e. The van der Waals surface area contributed by atoms with Crippen molar-refractivity contribution >= 4 is 11.8 Å². The lowest BCUT2D eigenvalue weighted by Crippen LogP contribution is -2.30. The fourth-order valence-corrected chi connectivity index (χ4v) is 2.32. The Morgan fingerprint density at radius 3 is 2.50 bits per heavy atom. The van der Waals surface area contributed by atoms with Crippen LogP contribution in [0.3, 0.4) is 0 Å². The van der Waals surface area contributed by atoms with Crippen molar-refractivity contribution < 1.29 is 0 Å². The first-order valence-corrected chi connectivity index (χ1v) is 7.95. The molecule has 0 rings (SSSR count). The van der Waals surface area contributed by atoms with Gasteiger partial charge in [0.1, 0.15) is 0 Å². The van der Waals surface area contributed by atoms with Gasteiger partial charge in [0.05, 0.1) is 0 Å². The first-order chi connectivity index (χ1) is 7.72. The van der Waals surface area contributed by atoms with Crippen molar-refractivity contribution in [2.24, 2.45) is 0 Å². The highest BCUT2D eigenvalue weighted by Gasteiger charge is 2.07. The van der Waals surface area contributed by atoms with Crippen LogP contribution in [0.1, 0.15) is 39.0 Å². The topological polar surface area (TPSA) is 15.3 Å². The summed E-state index contributed by atoms with van der Waals surface area (Å²) in [5, 5.41) is 3.20. The summed E-state index contributed by atoms with van der Waals surface area (Å²) in [6, 6.07) is 0.741. The lowest BCUT2D eigenvalue weighted by Gasteiger charge is -2.24. The number of thioether (sulfide) groups is 1. The van der Waals surface area contributed by atoms with E-state index in [0.717, 1.165) is 6.04 Å². The van der Waals surface area contributed by atoms with Gasteiger partial charge in [-0.15, -0.1) is 0 Å². The predicted molar refractivity (Wildman–Crippen MR) is 77.5 cm³/mol. The van der Waals surface area contributed by atoms with E-state index in [1.165, 1.54) is 50.9 Å². The number of hydrogen-bond acceptors (Lipinski definition) is 3. The molecule has 1 unspecified atom stereocenters. The van der Waals surface area contributed by atoms with E-state index < -0.39 is 0 Å². The van der Waals surface area contributed by atoms with Crippen molar-refractivity contribution in [1.29, 1.82) is 0 Å². The summed E-state index contributed by atoms with van der Waals surface area (Å²) in [7, 11) is 4.29. The van der Waals surface area contributed by atoms with Crippen LogP contribution in [-0.2, 0) is 0 Å². The summed E-state index contributed by atoms with van der Waals surface area (Å²) in [4.78, 5) is 2.51. The molecule has 0 aliphatic heterocycles. The molecule has 0 aromatic carbocycles.